The van der Waals surface area contributed by atoms with E-state index >= 15 is 0 Å². The smallest absolute Gasteiger partial charge is 0.125 e. The minimum atomic E-state index is -0.729. The maximum Gasteiger partial charge on any atom is 0.125 e. The third-order valence-electron chi connectivity index (χ3n) is 3.51. The number of benzene rings is 2. The lowest BCUT2D eigenvalue weighted by atomic mass is 10.0. The Morgan fingerprint density at radius 1 is 1.14 bits per heavy atom. The van der Waals surface area contributed by atoms with E-state index in [0.29, 0.717) is 11.9 Å². The van der Waals surface area contributed by atoms with Crippen LogP contribution in [-0.4, -0.2) is 18.3 Å². The van der Waals surface area contributed by atoms with Crippen molar-refractivity contribution in [1.29, 1.82) is 0 Å². The van der Waals surface area contributed by atoms with Crippen LogP contribution in [0.1, 0.15) is 30.1 Å². The summed E-state index contributed by atoms with van der Waals surface area (Å²) in [6.45, 7) is 0. The van der Waals surface area contributed by atoms with Gasteiger partial charge in [-0.3, -0.25) is 0 Å². The van der Waals surface area contributed by atoms with Gasteiger partial charge < -0.3 is 14.6 Å². The molecule has 0 bridgehead atoms. The Hall–Kier alpha value is -1.52. The molecular formula is C17H17BrO3. The number of halogens is 1. The van der Waals surface area contributed by atoms with Crippen molar-refractivity contribution in [2.45, 2.75) is 25.0 Å². The molecule has 0 aliphatic heterocycles. The van der Waals surface area contributed by atoms with Gasteiger partial charge in [-0.05, 0) is 48.7 Å². The highest BCUT2D eigenvalue weighted by Crippen LogP contribution is 2.33. The normalized spacial score (nSPS) is 15.6. The quantitative estimate of drug-likeness (QED) is 0.884. The van der Waals surface area contributed by atoms with Crippen LogP contribution in [0, 0.1) is 0 Å². The average Bonchev–Trinajstić information content (AvgIpc) is 3.31. The summed E-state index contributed by atoms with van der Waals surface area (Å²) in [7, 11) is 1.60. The summed E-state index contributed by atoms with van der Waals surface area (Å²) in [5, 5.41) is 10.6. The molecule has 2 aromatic carbocycles. The van der Waals surface area contributed by atoms with E-state index in [-0.39, 0.29) is 0 Å². The SMILES string of the molecule is COc1ccc(Br)cc1C(O)c1ccc(OC2CC2)cc1. The topological polar surface area (TPSA) is 38.7 Å². The van der Waals surface area contributed by atoms with E-state index in [1.807, 2.05) is 42.5 Å². The zero-order chi connectivity index (χ0) is 14.8. The first-order valence-electron chi connectivity index (χ1n) is 6.95. The van der Waals surface area contributed by atoms with Crippen molar-refractivity contribution >= 4 is 15.9 Å². The standard InChI is InChI=1S/C17H17BrO3/c1-20-16-9-4-12(18)10-15(16)17(19)11-2-5-13(6-3-11)21-14-7-8-14/h2-6,9-10,14,17,19H,7-8H2,1H3. The Labute approximate surface area is 132 Å². The minimum Gasteiger partial charge on any atom is -0.496 e. The largest absolute Gasteiger partial charge is 0.496 e. The van der Waals surface area contributed by atoms with Crippen LogP contribution in [0.15, 0.2) is 46.9 Å². The average molecular weight is 349 g/mol. The number of hydrogen-bond acceptors (Lipinski definition) is 3. The molecule has 0 spiro atoms. The van der Waals surface area contributed by atoms with E-state index in [1.165, 1.54) is 0 Å². The van der Waals surface area contributed by atoms with Gasteiger partial charge in [0.25, 0.3) is 0 Å². The Bertz CT molecular complexity index is 620. The van der Waals surface area contributed by atoms with Crippen molar-refractivity contribution in [3.05, 3.63) is 58.1 Å². The summed E-state index contributed by atoms with van der Waals surface area (Å²) in [4.78, 5) is 0. The molecule has 0 amide bonds. The zero-order valence-corrected chi connectivity index (χ0v) is 13.3. The lowest BCUT2D eigenvalue weighted by molar-refractivity contribution is 0.214. The Balaban J connectivity index is 1.83. The van der Waals surface area contributed by atoms with Crippen LogP contribution in [0.3, 0.4) is 0 Å². The molecule has 0 aromatic heterocycles. The molecule has 3 nitrogen and oxygen atoms in total. The van der Waals surface area contributed by atoms with Crippen LogP contribution < -0.4 is 9.47 Å². The van der Waals surface area contributed by atoms with Gasteiger partial charge in [0.1, 0.15) is 17.6 Å². The van der Waals surface area contributed by atoms with E-state index < -0.39 is 6.10 Å². The Morgan fingerprint density at radius 2 is 1.86 bits per heavy atom. The summed E-state index contributed by atoms with van der Waals surface area (Å²) in [5.74, 6) is 1.53. The first-order chi connectivity index (χ1) is 10.2. The van der Waals surface area contributed by atoms with Crippen LogP contribution >= 0.6 is 15.9 Å². The lowest BCUT2D eigenvalue weighted by Gasteiger charge is -2.16. The molecule has 21 heavy (non-hydrogen) atoms. The van der Waals surface area contributed by atoms with Gasteiger partial charge in [-0.2, -0.15) is 0 Å². The van der Waals surface area contributed by atoms with Crippen LogP contribution in [-0.2, 0) is 0 Å². The molecule has 4 heteroatoms. The Kier molecular flexibility index (Phi) is 4.17. The van der Waals surface area contributed by atoms with E-state index in [2.05, 4.69) is 15.9 Å². The zero-order valence-electron chi connectivity index (χ0n) is 11.8. The van der Waals surface area contributed by atoms with Crippen molar-refractivity contribution in [3.63, 3.8) is 0 Å². The van der Waals surface area contributed by atoms with Gasteiger partial charge in [-0.15, -0.1) is 0 Å². The molecule has 110 valence electrons. The summed E-state index contributed by atoms with van der Waals surface area (Å²) < 4.78 is 11.9. The highest BCUT2D eigenvalue weighted by molar-refractivity contribution is 9.10. The summed E-state index contributed by atoms with van der Waals surface area (Å²) in [6.07, 6.45) is 1.93. The Morgan fingerprint density at radius 3 is 2.48 bits per heavy atom. The second-order valence-corrected chi connectivity index (χ2v) is 6.09. The van der Waals surface area contributed by atoms with Gasteiger partial charge in [-0.25, -0.2) is 0 Å². The lowest BCUT2D eigenvalue weighted by Crippen LogP contribution is -2.03. The highest BCUT2D eigenvalue weighted by Gasteiger charge is 2.23. The van der Waals surface area contributed by atoms with E-state index in [9.17, 15) is 5.11 Å². The maximum atomic E-state index is 10.6. The number of aliphatic hydroxyl groups excluding tert-OH is 1. The molecule has 3 rings (SSSR count). The summed E-state index contributed by atoms with van der Waals surface area (Å²) in [5.41, 5.74) is 1.55. The van der Waals surface area contributed by atoms with Gasteiger partial charge in [-0.1, -0.05) is 28.1 Å². The van der Waals surface area contributed by atoms with Gasteiger partial charge in [0.05, 0.1) is 13.2 Å². The first-order valence-corrected chi connectivity index (χ1v) is 7.75. The number of rotatable bonds is 5. The first kappa shape index (κ1) is 14.4. The molecular weight excluding hydrogens is 332 g/mol. The molecule has 1 saturated carbocycles. The van der Waals surface area contributed by atoms with E-state index in [1.54, 1.807) is 7.11 Å². The molecule has 1 unspecified atom stereocenters. The second kappa shape index (κ2) is 6.08. The van der Waals surface area contributed by atoms with Crippen LogP contribution in [0.25, 0.3) is 0 Å². The molecule has 1 atom stereocenters. The molecule has 1 aliphatic rings. The number of methoxy groups -OCH3 is 1. The molecule has 1 fully saturated rings. The predicted octanol–water partition coefficient (Wildman–Crippen LogP) is 4.08. The van der Waals surface area contributed by atoms with E-state index in [4.69, 9.17) is 9.47 Å². The van der Waals surface area contributed by atoms with Crippen molar-refractivity contribution in [2.75, 3.05) is 7.11 Å². The molecule has 0 radical (unpaired) electrons. The summed E-state index contributed by atoms with van der Waals surface area (Å²) in [6, 6.07) is 13.2. The van der Waals surface area contributed by atoms with Crippen LogP contribution in [0.5, 0.6) is 11.5 Å². The molecule has 2 aromatic rings. The fourth-order valence-electron chi connectivity index (χ4n) is 2.21. The van der Waals surface area contributed by atoms with Crippen molar-refractivity contribution < 1.29 is 14.6 Å². The van der Waals surface area contributed by atoms with Gasteiger partial charge in [0.15, 0.2) is 0 Å². The van der Waals surface area contributed by atoms with Gasteiger partial charge in [0, 0.05) is 10.0 Å². The second-order valence-electron chi connectivity index (χ2n) is 5.18. The van der Waals surface area contributed by atoms with Gasteiger partial charge >= 0.3 is 0 Å². The number of aliphatic hydroxyl groups is 1. The third-order valence-corrected chi connectivity index (χ3v) is 4.00. The van der Waals surface area contributed by atoms with Crippen molar-refractivity contribution in [1.82, 2.24) is 0 Å². The predicted molar refractivity (Wildman–Crippen MR) is 84.8 cm³/mol. The van der Waals surface area contributed by atoms with E-state index in [0.717, 1.165) is 34.2 Å². The molecule has 1 N–H and O–H groups in total. The molecule has 0 saturated heterocycles. The fraction of sp³-hybridized carbons (Fsp3) is 0.294. The minimum absolute atomic E-state index is 0.381. The summed E-state index contributed by atoms with van der Waals surface area (Å²) >= 11 is 3.43. The maximum absolute atomic E-state index is 10.6. The monoisotopic (exact) mass is 348 g/mol. The number of hydrogen-bond donors (Lipinski definition) is 1. The van der Waals surface area contributed by atoms with Crippen LogP contribution in [0.4, 0.5) is 0 Å². The molecule has 1 aliphatic carbocycles. The van der Waals surface area contributed by atoms with Crippen molar-refractivity contribution in [3.8, 4) is 11.5 Å². The third kappa shape index (κ3) is 3.39. The molecule has 0 heterocycles. The highest BCUT2D eigenvalue weighted by atomic mass is 79.9. The fourth-order valence-corrected chi connectivity index (χ4v) is 2.58. The number of ether oxygens (including phenoxy) is 2. The van der Waals surface area contributed by atoms with Gasteiger partial charge in [0.2, 0.25) is 0 Å². The van der Waals surface area contributed by atoms with Crippen LogP contribution in [0.2, 0.25) is 0 Å². The van der Waals surface area contributed by atoms with Crippen molar-refractivity contribution in [2.24, 2.45) is 0 Å².